The van der Waals surface area contributed by atoms with E-state index in [2.05, 4.69) is 15.3 Å². The molecule has 2 aliphatic heterocycles. The summed E-state index contributed by atoms with van der Waals surface area (Å²) in [6.45, 7) is -0.566. The molecule has 9 nitrogen and oxygen atoms in total. The number of allylic oxidation sites excluding steroid dienone is 1. The van der Waals surface area contributed by atoms with Crippen molar-refractivity contribution in [2.24, 2.45) is 15.3 Å². The fraction of sp³-hybridized carbons (Fsp3) is 0.529. The molecule has 0 radical (unpaired) electrons. The number of thioether (sulfide) groups is 1. The lowest BCUT2D eigenvalue weighted by Gasteiger charge is -2.31. The molecule has 1 unspecified atom stereocenters. The molecular weight excluding hydrogens is 387 g/mol. The zero-order chi connectivity index (χ0) is 20.1. The summed E-state index contributed by atoms with van der Waals surface area (Å²) in [6, 6.07) is 1.46. The number of hydrogen-bond donors (Lipinski definition) is 5. The van der Waals surface area contributed by atoms with Crippen LogP contribution in [0.15, 0.2) is 32.4 Å². The number of rotatable bonds is 5. The Morgan fingerprint density at radius 2 is 2.04 bits per heavy atom. The molecule has 28 heavy (non-hydrogen) atoms. The first-order valence-corrected chi connectivity index (χ1v) is 9.79. The van der Waals surface area contributed by atoms with Gasteiger partial charge in [-0.3, -0.25) is 0 Å². The van der Waals surface area contributed by atoms with E-state index in [1.807, 2.05) is 0 Å². The molecule has 5 N–H and O–H groups in total. The normalized spacial score (nSPS) is 33.8. The van der Waals surface area contributed by atoms with Gasteiger partial charge >= 0.3 is 0 Å². The summed E-state index contributed by atoms with van der Waals surface area (Å²) in [5.41, 5.74) is 23.8. The number of ether oxygens (including phenoxy) is 1. The summed E-state index contributed by atoms with van der Waals surface area (Å²) in [7, 11) is 0. The Labute approximate surface area is 163 Å². The molecule has 0 bridgehead atoms. The lowest BCUT2D eigenvalue weighted by atomic mass is 9.83. The number of nitrogens with zero attached hydrogens (tertiary/aromatic N) is 3. The Kier molecular flexibility index (Phi) is 4.86. The molecule has 2 heterocycles. The summed E-state index contributed by atoms with van der Waals surface area (Å²) in [5, 5.41) is 30.3. The van der Waals surface area contributed by atoms with E-state index < -0.39 is 36.6 Å². The van der Waals surface area contributed by atoms with Crippen LogP contribution >= 0.6 is 11.8 Å². The molecular formula is C17H19FN6O3S. The Morgan fingerprint density at radius 3 is 2.64 bits per heavy atom. The maximum atomic E-state index is 15.0. The first kappa shape index (κ1) is 19.2. The van der Waals surface area contributed by atoms with E-state index in [1.54, 1.807) is 6.08 Å². The standard InChI is InChI=1S/C17H19FN6O3S/c18-13-14(26)10(6-25)27-16(13)17(24-21)5-7-2-1-3-28-15-9(23-20)4-8(22-19)12(17)11(7)15/h4-5,10,13-14,16,19-21,25-26H,1-3,6H2/t10-,13-,14-,16-,17?/m1/s1. The quantitative estimate of drug-likeness (QED) is 0.468. The van der Waals surface area contributed by atoms with Gasteiger partial charge < -0.3 is 14.9 Å². The van der Waals surface area contributed by atoms with Crippen molar-refractivity contribution in [2.45, 2.75) is 47.8 Å². The third kappa shape index (κ3) is 2.50. The number of alkyl halides is 1. The van der Waals surface area contributed by atoms with Gasteiger partial charge in [0.15, 0.2) is 11.7 Å². The van der Waals surface area contributed by atoms with Crippen LogP contribution in [0.2, 0.25) is 0 Å². The summed E-state index contributed by atoms with van der Waals surface area (Å²) >= 11 is 1.51. The minimum absolute atomic E-state index is 0.132. The molecule has 1 fully saturated rings. The fourth-order valence-electron chi connectivity index (χ4n) is 4.31. The van der Waals surface area contributed by atoms with Crippen molar-refractivity contribution in [1.29, 1.82) is 16.6 Å². The number of hydrogen-bond acceptors (Lipinski definition) is 10. The van der Waals surface area contributed by atoms with Gasteiger partial charge in [0.1, 0.15) is 24.0 Å². The van der Waals surface area contributed by atoms with E-state index >= 15 is 4.39 Å². The van der Waals surface area contributed by atoms with Gasteiger partial charge in [-0.05, 0) is 36.3 Å². The van der Waals surface area contributed by atoms with E-state index in [-0.39, 0.29) is 5.69 Å². The summed E-state index contributed by atoms with van der Waals surface area (Å²) in [4.78, 5) is 0.722. The van der Waals surface area contributed by atoms with Crippen molar-refractivity contribution >= 4 is 28.7 Å². The zero-order valence-corrected chi connectivity index (χ0v) is 15.5. The van der Waals surface area contributed by atoms with Crippen LogP contribution in [0.1, 0.15) is 24.0 Å². The van der Waals surface area contributed by atoms with Gasteiger partial charge in [-0.15, -0.1) is 11.8 Å². The van der Waals surface area contributed by atoms with Crippen molar-refractivity contribution in [1.82, 2.24) is 0 Å². The maximum absolute atomic E-state index is 15.0. The molecule has 0 amide bonds. The number of benzene rings is 1. The van der Waals surface area contributed by atoms with Crippen molar-refractivity contribution in [2.75, 3.05) is 12.4 Å². The highest BCUT2D eigenvalue weighted by Gasteiger charge is 2.58. The zero-order valence-electron chi connectivity index (χ0n) is 14.7. The molecule has 3 aliphatic rings. The van der Waals surface area contributed by atoms with Crippen molar-refractivity contribution < 1.29 is 19.3 Å². The molecule has 1 aromatic rings. The second-order valence-electron chi connectivity index (χ2n) is 6.99. The highest BCUT2D eigenvalue weighted by Crippen LogP contribution is 2.58. The van der Waals surface area contributed by atoms with Gasteiger partial charge in [0.2, 0.25) is 0 Å². The van der Waals surface area contributed by atoms with Crippen LogP contribution in [0.25, 0.3) is 5.57 Å². The predicted molar refractivity (Wildman–Crippen MR) is 97.5 cm³/mol. The number of aliphatic hydroxyl groups excluding tert-OH is 2. The summed E-state index contributed by atoms with van der Waals surface area (Å²) in [6.07, 6.45) is -2.76. The lowest BCUT2D eigenvalue weighted by Crippen LogP contribution is -2.42. The molecule has 4 rings (SSSR count). The molecule has 148 valence electrons. The van der Waals surface area contributed by atoms with Crippen LogP contribution in [0, 0.1) is 16.6 Å². The van der Waals surface area contributed by atoms with Crippen molar-refractivity contribution in [3.8, 4) is 0 Å². The summed E-state index contributed by atoms with van der Waals surface area (Å²) < 4.78 is 20.6. The van der Waals surface area contributed by atoms with Crippen LogP contribution < -0.4 is 0 Å². The Morgan fingerprint density at radius 1 is 1.29 bits per heavy atom. The van der Waals surface area contributed by atoms with Crippen LogP contribution in [-0.2, 0) is 10.3 Å². The monoisotopic (exact) mass is 406 g/mol. The molecule has 11 heteroatoms. The number of nitrogens with one attached hydrogen (secondary N) is 3. The van der Waals surface area contributed by atoms with Crippen molar-refractivity contribution in [3.05, 3.63) is 23.3 Å². The molecule has 0 saturated carbocycles. The molecule has 5 atom stereocenters. The molecule has 0 spiro atoms. The minimum atomic E-state index is -1.88. The van der Waals surface area contributed by atoms with Crippen LogP contribution in [0.4, 0.5) is 15.8 Å². The van der Waals surface area contributed by atoms with E-state index in [9.17, 15) is 10.2 Å². The average Bonchev–Trinajstić information content (AvgIpc) is 3.11. The Bertz CT molecular complexity index is 896. The van der Waals surface area contributed by atoms with Gasteiger partial charge in [-0.2, -0.15) is 15.3 Å². The predicted octanol–water partition coefficient (Wildman–Crippen LogP) is 3.98. The Balaban J connectivity index is 1.99. The van der Waals surface area contributed by atoms with Crippen LogP contribution in [-0.4, -0.2) is 47.1 Å². The van der Waals surface area contributed by atoms with E-state index in [4.69, 9.17) is 21.3 Å². The first-order chi connectivity index (χ1) is 13.5. The van der Waals surface area contributed by atoms with Gasteiger partial charge in [0.25, 0.3) is 0 Å². The van der Waals surface area contributed by atoms with E-state index in [1.165, 1.54) is 17.8 Å². The molecule has 1 saturated heterocycles. The third-order valence-electron chi connectivity index (χ3n) is 5.55. The van der Waals surface area contributed by atoms with Crippen LogP contribution in [0.5, 0.6) is 0 Å². The second kappa shape index (κ2) is 7.07. The Hall–Kier alpha value is -2.08. The lowest BCUT2D eigenvalue weighted by molar-refractivity contribution is -0.0402. The van der Waals surface area contributed by atoms with Crippen molar-refractivity contribution in [3.63, 3.8) is 0 Å². The highest BCUT2D eigenvalue weighted by molar-refractivity contribution is 7.99. The van der Waals surface area contributed by atoms with Gasteiger partial charge in [0, 0.05) is 16.0 Å². The topological polar surface area (TPSA) is 158 Å². The van der Waals surface area contributed by atoms with Gasteiger partial charge in [-0.25, -0.2) is 21.0 Å². The first-order valence-electron chi connectivity index (χ1n) is 8.80. The average molecular weight is 406 g/mol. The second-order valence-corrected chi connectivity index (χ2v) is 8.09. The summed E-state index contributed by atoms with van der Waals surface area (Å²) in [5.74, 6) is 0.811. The number of aliphatic hydroxyl groups is 2. The molecule has 0 aromatic heterocycles. The van der Waals surface area contributed by atoms with E-state index in [0.29, 0.717) is 23.2 Å². The maximum Gasteiger partial charge on any atom is 0.158 e. The third-order valence-corrected chi connectivity index (χ3v) is 6.74. The van der Waals surface area contributed by atoms with Gasteiger partial charge in [0.05, 0.1) is 12.3 Å². The fourth-order valence-corrected chi connectivity index (χ4v) is 5.43. The minimum Gasteiger partial charge on any atom is -0.394 e. The number of halogens is 1. The van der Waals surface area contributed by atoms with E-state index in [0.717, 1.165) is 22.6 Å². The van der Waals surface area contributed by atoms with Gasteiger partial charge in [-0.1, -0.05) is 0 Å². The highest BCUT2D eigenvalue weighted by atomic mass is 32.2. The largest absolute Gasteiger partial charge is 0.394 e. The molecule has 1 aromatic carbocycles. The molecule has 1 aliphatic carbocycles. The smallest absolute Gasteiger partial charge is 0.158 e. The van der Waals surface area contributed by atoms with Crippen LogP contribution in [0.3, 0.4) is 0 Å². The SMILES string of the molecule is N=Nc1cc(N=N)c2c3c1SCCCC3=CC2(N=N)[C@@H]1O[C@H](CO)[C@@H](O)[C@H]1F.